The Bertz CT molecular complexity index is 642. The molecule has 1 fully saturated rings. The molecule has 0 radical (unpaired) electrons. The largest absolute Gasteiger partial charge is 0.356 e. The van der Waals surface area contributed by atoms with Crippen molar-refractivity contribution in [1.82, 2.24) is 25.0 Å². The van der Waals surface area contributed by atoms with Gasteiger partial charge in [-0.15, -0.1) is 0 Å². The van der Waals surface area contributed by atoms with E-state index in [1.54, 1.807) is 0 Å². The Morgan fingerprint density at radius 3 is 2.48 bits per heavy atom. The predicted molar refractivity (Wildman–Crippen MR) is 87.2 cm³/mol. The van der Waals surface area contributed by atoms with Gasteiger partial charge in [-0.3, -0.25) is 4.90 Å². The predicted octanol–water partition coefficient (Wildman–Crippen LogP) is 1.89. The quantitative estimate of drug-likeness (QED) is 0.853. The number of hydrogen-bond acceptors (Lipinski definition) is 7. The molecule has 2 aromatic rings. The topological polar surface area (TPSA) is 71.2 Å². The van der Waals surface area contributed by atoms with Crippen LogP contribution in [0.3, 0.4) is 0 Å². The number of rotatable bonds is 4. The fraction of sp³-hybridized carbons (Fsp3) is 0.625. The van der Waals surface area contributed by atoms with Crippen molar-refractivity contribution in [2.45, 2.75) is 46.2 Å². The van der Waals surface area contributed by atoms with Crippen molar-refractivity contribution in [2.75, 3.05) is 25.0 Å². The number of piperidine rings is 1. The van der Waals surface area contributed by atoms with Crippen LogP contribution < -0.4 is 4.90 Å². The van der Waals surface area contributed by atoms with Crippen LogP contribution in [0.2, 0.25) is 0 Å². The maximum Gasteiger partial charge on any atom is 0.240 e. The van der Waals surface area contributed by atoms with E-state index < -0.39 is 0 Å². The highest BCUT2D eigenvalue weighted by Gasteiger charge is 2.24. The van der Waals surface area contributed by atoms with Gasteiger partial charge in [0.1, 0.15) is 11.6 Å². The van der Waals surface area contributed by atoms with E-state index in [9.17, 15) is 0 Å². The Labute approximate surface area is 136 Å². The minimum atomic E-state index is 0.530. The highest BCUT2D eigenvalue weighted by atomic mass is 16.5. The Morgan fingerprint density at radius 1 is 1.13 bits per heavy atom. The average molecular weight is 316 g/mol. The lowest BCUT2D eigenvalue weighted by molar-refractivity contribution is 0.177. The van der Waals surface area contributed by atoms with Gasteiger partial charge >= 0.3 is 0 Å². The molecule has 7 nitrogen and oxygen atoms in total. The molecule has 1 aliphatic heterocycles. The first-order chi connectivity index (χ1) is 11.0. The fourth-order valence-corrected chi connectivity index (χ4v) is 3.14. The molecule has 0 amide bonds. The van der Waals surface area contributed by atoms with Gasteiger partial charge in [0.2, 0.25) is 5.89 Å². The monoisotopic (exact) mass is 316 g/mol. The molecule has 1 saturated heterocycles. The van der Waals surface area contributed by atoms with Crippen LogP contribution in [-0.2, 0) is 6.54 Å². The van der Waals surface area contributed by atoms with Crippen LogP contribution in [0, 0.1) is 20.8 Å². The van der Waals surface area contributed by atoms with E-state index in [-0.39, 0.29) is 0 Å². The van der Waals surface area contributed by atoms with Gasteiger partial charge < -0.3 is 9.42 Å². The number of aromatic nitrogens is 4. The van der Waals surface area contributed by atoms with Gasteiger partial charge in [0, 0.05) is 30.9 Å². The summed E-state index contributed by atoms with van der Waals surface area (Å²) in [6, 6.07) is 2.60. The molecule has 3 rings (SSSR count). The van der Waals surface area contributed by atoms with E-state index in [1.165, 1.54) is 0 Å². The number of anilines is 1. The molecular formula is C16H24N6O. The molecule has 0 atom stereocenters. The number of aryl methyl sites for hydroxylation is 3. The van der Waals surface area contributed by atoms with E-state index in [4.69, 9.17) is 4.52 Å². The zero-order valence-electron chi connectivity index (χ0n) is 14.3. The van der Waals surface area contributed by atoms with Crippen molar-refractivity contribution >= 4 is 5.82 Å². The fourth-order valence-electron chi connectivity index (χ4n) is 3.14. The standard InChI is InChI=1S/C16H24N6O/c1-11-9-15(18-12(2)17-11)22-7-5-14(6-8-22)21(4)10-16-19-13(3)20-23-16/h9,14H,5-8,10H2,1-4H3. The lowest BCUT2D eigenvalue weighted by Crippen LogP contribution is -2.43. The van der Waals surface area contributed by atoms with E-state index in [1.807, 2.05) is 20.8 Å². The van der Waals surface area contributed by atoms with Crippen molar-refractivity contribution in [1.29, 1.82) is 0 Å². The zero-order chi connectivity index (χ0) is 16.4. The lowest BCUT2D eigenvalue weighted by Gasteiger charge is -2.36. The Balaban J connectivity index is 1.57. The second-order valence-corrected chi connectivity index (χ2v) is 6.28. The second kappa shape index (κ2) is 6.62. The minimum absolute atomic E-state index is 0.530. The molecule has 3 heterocycles. The summed E-state index contributed by atoms with van der Waals surface area (Å²) in [5.41, 5.74) is 1.03. The smallest absolute Gasteiger partial charge is 0.240 e. The molecule has 23 heavy (non-hydrogen) atoms. The molecule has 124 valence electrons. The summed E-state index contributed by atoms with van der Waals surface area (Å²) in [4.78, 5) is 17.9. The Morgan fingerprint density at radius 2 is 1.87 bits per heavy atom. The SMILES string of the molecule is Cc1cc(N2CCC(N(C)Cc3nc(C)no3)CC2)nc(C)n1. The van der Waals surface area contributed by atoms with Gasteiger partial charge in [-0.2, -0.15) is 4.98 Å². The van der Waals surface area contributed by atoms with Crippen molar-refractivity contribution < 1.29 is 4.52 Å². The van der Waals surface area contributed by atoms with Crippen molar-refractivity contribution in [3.8, 4) is 0 Å². The normalized spacial score (nSPS) is 16.3. The molecule has 0 bridgehead atoms. The average Bonchev–Trinajstić information content (AvgIpc) is 2.91. The van der Waals surface area contributed by atoms with Crippen LogP contribution in [0.25, 0.3) is 0 Å². The lowest BCUT2D eigenvalue weighted by atomic mass is 10.0. The van der Waals surface area contributed by atoms with Gasteiger partial charge in [-0.05, 0) is 40.7 Å². The van der Waals surface area contributed by atoms with Gasteiger partial charge in [0.15, 0.2) is 5.82 Å². The molecular weight excluding hydrogens is 292 g/mol. The van der Waals surface area contributed by atoms with Crippen LogP contribution >= 0.6 is 0 Å². The van der Waals surface area contributed by atoms with Gasteiger partial charge in [0.25, 0.3) is 0 Å². The molecule has 0 saturated carbocycles. The van der Waals surface area contributed by atoms with E-state index in [2.05, 4.69) is 43.0 Å². The Hall–Kier alpha value is -2.02. The maximum absolute atomic E-state index is 5.21. The zero-order valence-corrected chi connectivity index (χ0v) is 14.3. The van der Waals surface area contributed by atoms with Crippen LogP contribution in [0.1, 0.15) is 36.1 Å². The summed E-state index contributed by atoms with van der Waals surface area (Å²) in [6.07, 6.45) is 2.21. The van der Waals surface area contributed by atoms with Crippen LogP contribution in [0.4, 0.5) is 5.82 Å². The molecule has 0 aliphatic carbocycles. The number of hydrogen-bond donors (Lipinski definition) is 0. The summed E-state index contributed by atoms with van der Waals surface area (Å²) in [5.74, 6) is 3.27. The van der Waals surface area contributed by atoms with Crippen molar-refractivity contribution in [3.05, 3.63) is 29.3 Å². The molecule has 7 heteroatoms. The first-order valence-corrected chi connectivity index (χ1v) is 8.08. The molecule has 0 unspecified atom stereocenters. The van der Waals surface area contributed by atoms with E-state index in [0.29, 0.717) is 24.3 Å². The molecule has 1 aliphatic rings. The highest BCUT2D eigenvalue weighted by Crippen LogP contribution is 2.22. The van der Waals surface area contributed by atoms with E-state index >= 15 is 0 Å². The van der Waals surface area contributed by atoms with Crippen LogP contribution in [0.5, 0.6) is 0 Å². The third kappa shape index (κ3) is 3.85. The maximum atomic E-state index is 5.21. The number of nitrogens with zero attached hydrogens (tertiary/aromatic N) is 6. The third-order valence-corrected chi connectivity index (χ3v) is 4.32. The summed E-state index contributed by atoms with van der Waals surface area (Å²) >= 11 is 0. The van der Waals surface area contributed by atoms with E-state index in [0.717, 1.165) is 43.3 Å². The van der Waals surface area contributed by atoms with Crippen LogP contribution in [0.15, 0.2) is 10.6 Å². The van der Waals surface area contributed by atoms with Gasteiger partial charge in [-0.25, -0.2) is 9.97 Å². The minimum Gasteiger partial charge on any atom is -0.356 e. The van der Waals surface area contributed by atoms with Crippen molar-refractivity contribution in [3.63, 3.8) is 0 Å². The summed E-state index contributed by atoms with van der Waals surface area (Å²) < 4.78 is 5.21. The summed E-state index contributed by atoms with van der Waals surface area (Å²) in [7, 11) is 2.12. The molecule has 0 aromatic carbocycles. The first-order valence-electron chi connectivity index (χ1n) is 8.08. The molecule has 0 spiro atoms. The summed E-state index contributed by atoms with van der Waals surface area (Å²) in [5, 5.41) is 3.85. The third-order valence-electron chi connectivity index (χ3n) is 4.32. The second-order valence-electron chi connectivity index (χ2n) is 6.28. The van der Waals surface area contributed by atoms with Gasteiger partial charge in [0.05, 0.1) is 6.54 Å². The van der Waals surface area contributed by atoms with Crippen LogP contribution in [-0.4, -0.2) is 51.2 Å². The molecule has 2 aromatic heterocycles. The molecule has 0 N–H and O–H groups in total. The summed E-state index contributed by atoms with van der Waals surface area (Å²) in [6.45, 7) is 8.53. The first kappa shape index (κ1) is 15.9. The van der Waals surface area contributed by atoms with Crippen molar-refractivity contribution in [2.24, 2.45) is 0 Å². The Kier molecular flexibility index (Phi) is 4.56. The highest BCUT2D eigenvalue weighted by molar-refractivity contribution is 5.40. The van der Waals surface area contributed by atoms with Gasteiger partial charge in [-0.1, -0.05) is 5.16 Å².